The van der Waals surface area contributed by atoms with Crippen LogP contribution in [0.25, 0.3) is 11.3 Å². The van der Waals surface area contributed by atoms with Gasteiger partial charge in [0, 0.05) is 18.7 Å². The lowest BCUT2D eigenvalue weighted by Gasteiger charge is -2.09. The lowest BCUT2D eigenvalue weighted by molar-refractivity contribution is 0.0697. The molecule has 0 radical (unpaired) electrons. The summed E-state index contributed by atoms with van der Waals surface area (Å²) < 4.78 is 11.3. The van der Waals surface area contributed by atoms with Crippen molar-refractivity contribution < 1.29 is 19.1 Å². The number of carboxylic acids is 1. The summed E-state index contributed by atoms with van der Waals surface area (Å²) in [5.41, 5.74) is 0.760. The number of furan rings is 1. The summed E-state index contributed by atoms with van der Waals surface area (Å²) in [6, 6.07) is 8.23. The molecule has 0 saturated carbocycles. The first-order valence-corrected chi connectivity index (χ1v) is 7.95. The van der Waals surface area contributed by atoms with Crippen molar-refractivity contribution in [2.24, 2.45) is 0 Å². The molecule has 7 heteroatoms. The molecule has 0 aliphatic carbocycles. The van der Waals surface area contributed by atoms with Crippen molar-refractivity contribution >= 4 is 30.0 Å². The third kappa shape index (κ3) is 4.51. The molecule has 0 amide bonds. The first-order valence-electron chi connectivity index (χ1n) is 7.58. The van der Waals surface area contributed by atoms with E-state index in [-0.39, 0.29) is 24.1 Å². The first kappa shape index (κ1) is 18.8. The third-order valence-electron chi connectivity index (χ3n) is 3.84. The van der Waals surface area contributed by atoms with E-state index in [0.29, 0.717) is 22.9 Å². The van der Waals surface area contributed by atoms with E-state index >= 15 is 0 Å². The Hall–Kier alpha value is -1.53. The molecule has 1 fully saturated rings. The van der Waals surface area contributed by atoms with Crippen molar-refractivity contribution in [3.63, 3.8) is 0 Å². The minimum atomic E-state index is -0.993. The van der Waals surface area contributed by atoms with Crippen LogP contribution in [0.15, 0.2) is 34.7 Å². The average Bonchev–Trinajstić information content (AvgIpc) is 3.19. The molecule has 2 N–H and O–H groups in total. The van der Waals surface area contributed by atoms with Crippen molar-refractivity contribution in [3.8, 4) is 11.3 Å². The lowest BCUT2D eigenvalue weighted by atomic mass is 10.1. The van der Waals surface area contributed by atoms with Crippen LogP contribution in [0.1, 0.15) is 29.0 Å². The molecule has 24 heavy (non-hydrogen) atoms. The fourth-order valence-corrected chi connectivity index (χ4v) is 2.84. The van der Waals surface area contributed by atoms with Gasteiger partial charge in [0.25, 0.3) is 0 Å². The zero-order valence-corrected chi connectivity index (χ0v) is 14.5. The highest BCUT2D eigenvalue weighted by atomic mass is 35.5. The van der Waals surface area contributed by atoms with Crippen molar-refractivity contribution in [1.29, 1.82) is 0 Å². The van der Waals surface area contributed by atoms with E-state index < -0.39 is 5.97 Å². The van der Waals surface area contributed by atoms with Crippen LogP contribution < -0.4 is 5.32 Å². The molecule has 1 aromatic heterocycles. The Kier molecular flexibility index (Phi) is 6.69. The van der Waals surface area contributed by atoms with Gasteiger partial charge < -0.3 is 19.6 Å². The van der Waals surface area contributed by atoms with E-state index in [1.807, 2.05) is 6.07 Å². The van der Waals surface area contributed by atoms with Crippen molar-refractivity contribution in [2.45, 2.75) is 25.5 Å². The van der Waals surface area contributed by atoms with Gasteiger partial charge in [-0.25, -0.2) is 4.79 Å². The highest BCUT2D eigenvalue weighted by Gasteiger charge is 2.15. The second kappa shape index (κ2) is 8.53. The molecule has 0 spiro atoms. The zero-order valence-electron chi connectivity index (χ0n) is 13.0. The molecule has 3 rings (SSSR count). The van der Waals surface area contributed by atoms with Gasteiger partial charge in [0.05, 0.1) is 23.2 Å². The summed E-state index contributed by atoms with van der Waals surface area (Å²) in [7, 11) is 0. The van der Waals surface area contributed by atoms with Crippen molar-refractivity contribution in [2.75, 3.05) is 13.2 Å². The van der Waals surface area contributed by atoms with Crippen LogP contribution in [-0.2, 0) is 11.3 Å². The Balaban J connectivity index is 0.00000208. The van der Waals surface area contributed by atoms with E-state index in [4.69, 9.17) is 25.9 Å². The SMILES string of the molecule is Cl.O=C(O)c1ccc(Cl)c(-c2ccc(CNCC3CCCO3)o2)c1. The van der Waals surface area contributed by atoms with Crippen LogP contribution in [0.4, 0.5) is 0 Å². The summed E-state index contributed by atoms with van der Waals surface area (Å²) in [4.78, 5) is 11.1. The van der Waals surface area contributed by atoms with Gasteiger partial charge in [0.2, 0.25) is 0 Å². The highest BCUT2D eigenvalue weighted by Crippen LogP contribution is 2.30. The van der Waals surface area contributed by atoms with Gasteiger partial charge in [-0.1, -0.05) is 11.6 Å². The molecule has 1 saturated heterocycles. The van der Waals surface area contributed by atoms with Crippen molar-refractivity contribution in [3.05, 3.63) is 46.7 Å². The number of carbonyl (C=O) groups is 1. The van der Waals surface area contributed by atoms with Gasteiger partial charge in [-0.05, 0) is 43.2 Å². The minimum absolute atomic E-state index is 0. The topological polar surface area (TPSA) is 71.7 Å². The Morgan fingerprint density at radius 2 is 2.17 bits per heavy atom. The highest BCUT2D eigenvalue weighted by molar-refractivity contribution is 6.33. The summed E-state index contributed by atoms with van der Waals surface area (Å²) in [6.45, 7) is 2.23. The summed E-state index contributed by atoms with van der Waals surface area (Å²) in [5.74, 6) is 0.342. The maximum atomic E-state index is 11.1. The van der Waals surface area contributed by atoms with Crippen molar-refractivity contribution in [1.82, 2.24) is 5.32 Å². The number of hydrogen-bond acceptors (Lipinski definition) is 4. The molecule has 1 aromatic carbocycles. The molecule has 0 bridgehead atoms. The lowest BCUT2D eigenvalue weighted by Crippen LogP contribution is -2.25. The maximum absolute atomic E-state index is 11.1. The monoisotopic (exact) mass is 371 g/mol. The predicted octanol–water partition coefficient (Wildman–Crippen LogP) is 3.99. The van der Waals surface area contributed by atoms with Gasteiger partial charge in [-0.3, -0.25) is 0 Å². The number of halogens is 2. The number of rotatable bonds is 6. The van der Waals surface area contributed by atoms with E-state index in [0.717, 1.165) is 31.8 Å². The zero-order chi connectivity index (χ0) is 16.2. The number of ether oxygens (including phenoxy) is 1. The molecule has 1 unspecified atom stereocenters. The number of benzene rings is 1. The number of hydrogen-bond donors (Lipinski definition) is 2. The maximum Gasteiger partial charge on any atom is 0.335 e. The molecule has 2 aromatic rings. The molecule has 1 aliphatic rings. The Bertz CT molecular complexity index is 696. The third-order valence-corrected chi connectivity index (χ3v) is 4.17. The van der Waals surface area contributed by atoms with Crippen LogP contribution in [0.2, 0.25) is 5.02 Å². The molecule has 2 heterocycles. The van der Waals surface area contributed by atoms with E-state index in [1.165, 1.54) is 12.1 Å². The summed E-state index contributed by atoms with van der Waals surface area (Å²) in [6.07, 6.45) is 2.50. The molecule has 1 atom stereocenters. The van der Waals surface area contributed by atoms with Crippen LogP contribution in [0.3, 0.4) is 0 Å². The second-order valence-corrected chi connectivity index (χ2v) is 5.94. The fourth-order valence-electron chi connectivity index (χ4n) is 2.63. The largest absolute Gasteiger partial charge is 0.478 e. The van der Waals surface area contributed by atoms with Crippen LogP contribution >= 0.6 is 24.0 Å². The second-order valence-electron chi connectivity index (χ2n) is 5.53. The molecule has 1 aliphatic heterocycles. The van der Waals surface area contributed by atoms with Gasteiger partial charge >= 0.3 is 5.97 Å². The standard InChI is InChI=1S/C17H18ClNO4.ClH/c18-15-5-3-11(17(20)21)8-14(15)16-6-4-13(23-16)10-19-9-12-2-1-7-22-12;/h3-6,8,12,19H,1-2,7,9-10H2,(H,20,21);1H. The average molecular weight is 372 g/mol. The molecule has 130 valence electrons. The Morgan fingerprint density at radius 1 is 1.33 bits per heavy atom. The Labute approximate surface area is 151 Å². The predicted molar refractivity (Wildman–Crippen MR) is 94.0 cm³/mol. The van der Waals surface area contributed by atoms with Gasteiger partial charge in [-0.2, -0.15) is 0 Å². The van der Waals surface area contributed by atoms with Crippen LogP contribution in [-0.4, -0.2) is 30.3 Å². The van der Waals surface area contributed by atoms with Crippen LogP contribution in [0.5, 0.6) is 0 Å². The van der Waals surface area contributed by atoms with Crippen LogP contribution in [0, 0.1) is 0 Å². The first-order chi connectivity index (χ1) is 11.1. The van der Waals surface area contributed by atoms with E-state index in [2.05, 4.69) is 5.32 Å². The smallest absolute Gasteiger partial charge is 0.335 e. The van der Waals surface area contributed by atoms with E-state index in [1.54, 1.807) is 12.1 Å². The van der Waals surface area contributed by atoms with Gasteiger partial charge in [-0.15, -0.1) is 12.4 Å². The number of aromatic carboxylic acids is 1. The number of nitrogens with one attached hydrogen (secondary N) is 1. The fraction of sp³-hybridized carbons (Fsp3) is 0.353. The number of carboxylic acid groups (broad SMARTS) is 1. The van der Waals surface area contributed by atoms with Gasteiger partial charge in [0.1, 0.15) is 11.5 Å². The molecular formula is C17H19Cl2NO4. The quantitative estimate of drug-likeness (QED) is 0.802. The molecular weight excluding hydrogens is 353 g/mol. The Morgan fingerprint density at radius 3 is 2.88 bits per heavy atom. The van der Waals surface area contributed by atoms with E-state index in [9.17, 15) is 4.79 Å². The summed E-state index contributed by atoms with van der Waals surface area (Å²) in [5, 5.41) is 12.8. The van der Waals surface area contributed by atoms with Gasteiger partial charge in [0.15, 0.2) is 0 Å². The normalized spacial score (nSPS) is 16.8. The molecule has 5 nitrogen and oxygen atoms in total. The minimum Gasteiger partial charge on any atom is -0.478 e. The summed E-state index contributed by atoms with van der Waals surface area (Å²) >= 11 is 6.15.